The van der Waals surface area contributed by atoms with Crippen LogP contribution in [0.1, 0.15) is 17.9 Å². The highest BCUT2D eigenvalue weighted by Crippen LogP contribution is 2.42. The second kappa shape index (κ2) is 5.20. The van der Waals surface area contributed by atoms with Gasteiger partial charge in [-0.05, 0) is 12.1 Å². The number of anilines is 1. The fourth-order valence-corrected chi connectivity index (χ4v) is 3.00. The van der Waals surface area contributed by atoms with Gasteiger partial charge in [-0.3, -0.25) is 14.4 Å². The molecular weight excluding hydrogens is 315 g/mol. The smallest absolute Gasteiger partial charge is 0.228 e. The Labute approximate surface area is 130 Å². The van der Waals surface area contributed by atoms with Crippen LogP contribution in [0.25, 0.3) is 0 Å². The first-order chi connectivity index (χ1) is 9.97. The topological polar surface area (TPSA) is 71.2 Å². The van der Waals surface area contributed by atoms with Crippen molar-refractivity contribution in [3.63, 3.8) is 0 Å². The van der Waals surface area contributed by atoms with E-state index in [1.54, 1.807) is 13.2 Å². The number of benzene rings is 1. The van der Waals surface area contributed by atoms with E-state index in [9.17, 15) is 9.90 Å². The Balaban J connectivity index is 1.93. The molecule has 0 radical (unpaired) electrons. The van der Waals surface area contributed by atoms with Crippen molar-refractivity contribution < 1.29 is 9.90 Å². The Morgan fingerprint density at radius 1 is 1.38 bits per heavy atom. The molecule has 0 bridgehead atoms. The van der Waals surface area contributed by atoms with Crippen molar-refractivity contribution >= 4 is 34.9 Å². The molecule has 2 heterocycles. The molecule has 8 heteroatoms. The molecule has 6 nitrogen and oxygen atoms in total. The third-order valence-corrected chi connectivity index (χ3v) is 4.33. The molecule has 1 amide bonds. The number of carbonyl (C=O) groups excluding carboxylic acids is 1. The Hall–Kier alpha value is -1.79. The first kappa shape index (κ1) is 14.2. The minimum absolute atomic E-state index is 0.0446. The summed E-state index contributed by atoms with van der Waals surface area (Å²) in [6.07, 6.45) is 1.91. The maximum Gasteiger partial charge on any atom is 0.228 e. The molecule has 21 heavy (non-hydrogen) atoms. The van der Waals surface area contributed by atoms with Gasteiger partial charge in [0.25, 0.3) is 0 Å². The van der Waals surface area contributed by atoms with Gasteiger partial charge in [0.1, 0.15) is 5.75 Å². The fourth-order valence-electron chi connectivity index (χ4n) is 2.53. The van der Waals surface area contributed by atoms with Crippen molar-refractivity contribution in [2.75, 3.05) is 11.4 Å². The Morgan fingerprint density at radius 2 is 2.14 bits per heavy atom. The average molecular weight is 327 g/mol. The average Bonchev–Trinajstić information content (AvgIpc) is 3.01. The van der Waals surface area contributed by atoms with Gasteiger partial charge in [-0.2, -0.15) is 0 Å². The Kier molecular flexibility index (Phi) is 3.51. The van der Waals surface area contributed by atoms with E-state index in [1.807, 2.05) is 0 Å². The summed E-state index contributed by atoms with van der Waals surface area (Å²) in [5, 5.41) is 18.4. The summed E-state index contributed by atoms with van der Waals surface area (Å²) < 4.78 is 1.53. The van der Waals surface area contributed by atoms with E-state index >= 15 is 0 Å². The van der Waals surface area contributed by atoms with Gasteiger partial charge in [-0.15, -0.1) is 5.10 Å². The van der Waals surface area contributed by atoms with Gasteiger partial charge in [-0.25, -0.2) is 0 Å². The summed E-state index contributed by atoms with van der Waals surface area (Å²) in [5.74, 6) is 0.215. The number of carbonyl (C=O) groups is 1. The van der Waals surface area contributed by atoms with Crippen LogP contribution in [0.3, 0.4) is 0 Å². The van der Waals surface area contributed by atoms with Crippen molar-refractivity contribution in [2.45, 2.75) is 12.3 Å². The van der Waals surface area contributed by atoms with Crippen molar-refractivity contribution in [3.05, 3.63) is 33.9 Å². The van der Waals surface area contributed by atoms with Crippen LogP contribution >= 0.6 is 23.2 Å². The van der Waals surface area contributed by atoms with Crippen LogP contribution < -0.4 is 4.90 Å². The van der Waals surface area contributed by atoms with Gasteiger partial charge in [0, 0.05) is 31.5 Å². The van der Waals surface area contributed by atoms with Crippen molar-refractivity contribution in [3.8, 4) is 5.75 Å². The first-order valence-electron chi connectivity index (χ1n) is 6.31. The van der Waals surface area contributed by atoms with Crippen LogP contribution in [-0.2, 0) is 11.8 Å². The van der Waals surface area contributed by atoms with Gasteiger partial charge in [-0.1, -0.05) is 28.4 Å². The Morgan fingerprint density at radius 3 is 2.81 bits per heavy atom. The maximum absolute atomic E-state index is 12.2. The third-order valence-electron chi connectivity index (χ3n) is 3.51. The van der Waals surface area contributed by atoms with Gasteiger partial charge in [0.15, 0.2) is 5.82 Å². The number of aromatic hydroxyl groups is 1. The largest absolute Gasteiger partial charge is 0.508 e. The van der Waals surface area contributed by atoms with E-state index in [2.05, 4.69) is 10.3 Å². The first-order valence-corrected chi connectivity index (χ1v) is 7.06. The molecule has 0 saturated carbocycles. The summed E-state index contributed by atoms with van der Waals surface area (Å²) in [6, 6.07) is 3.01. The van der Waals surface area contributed by atoms with E-state index in [4.69, 9.17) is 23.2 Å². The van der Waals surface area contributed by atoms with Crippen molar-refractivity contribution in [2.24, 2.45) is 7.05 Å². The van der Waals surface area contributed by atoms with E-state index < -0.39 is 0 Å². The molecule has 0 spiro atoms. The molecular formula is C13H12Cl2N4O2. The number of rotatable bonds is 2. The lowest BCUT2D eigenvalue weighted by Gasteiger charge is -2.15. The van der Waals surface area contributed by atoms with Crippen molar-refractivity contribution in [1.29, 1.82) is 0 Å². The molecule has 1 aromatic heterocycles. The number of hydrogen-bond acceptors (Lipinski definition) is 4. The molecule has 3 rings (SSSR count). The normalized spacial score (nSPS) is 18.5. The number of nitrogens with zero attached hydrogens (tertiary/aromatic N) is 4. The van der Waals surface area contributed by atoms with Gasteiger partial charge in [0.05, 0.1) is 16.2 Å². The minimum atomic E-state index is -0.231. The number of aromatic nitrogens is 3. The number of phenols is 1. The number of amides is 1. The zero-order valence-electron chi connectivity index (χ0n) is 11.1. The minimum Gasteiger partial charge on any atom is -0.508 e. The van der Waals surface area contributed by atoms with Crippen LogP contribution in [-0.4, -0.2) is 32.6 Å². The van der Waals surface area contributed by atoms with Crippen LogP contribution in [0.2, 0.25) is 10.0 Å². The molecule has 1 saturated heterocycles. The summed E-state index contributed by atoms with van der Waals surface area (Å²) in [6.45, 7) is 0.380. The SMILES string of the molecule is Cn1cc(N2CC(c3c(O)ccc(Cl)c3Cl)CC2=O)nn1. The molecule has 2 aromatic rings. The second-order valence-corrected chi connectivity index (χ2v) is 5.74. The molecule has 1 aromatic carbocycles. The van der Waals surface area contributed by atoms with E-state index in [1.165, 1.54) is 21.7 Å². The van der Waals surface area contributed by atoms with E-state index in [0.717, 1.165) is 0 Å². The number of phenolic OH excluding ortho intramolecular Hbond substituents is 1. The Bertz CT molecular complexity index is 716. The molecule has 1 unspecified atom stereocenters. The quantitative estimate of drug-likeness (QED) is 0.919. The highest BCUT2D eigenvalue weighted by atomic mass is 35.5. The summed E-state index contributed by atoms with van der Waals surface area (Å²) in [7, 11) is 1.73. The third kappa shape index (κ3) is 2.45. The molecule has 110 valence electrons. The monoisotopic (exact) mass is 326 g/mol. The lowest BCUT2D eigenvalue weighted by Crippen LogP contribution is -2.24. The molecule has 0 aliphatic carbocycles. The standard InChI is InChI=1S/C13H12Cl2N4O2/c1-18-6-10(16-17-18)19-5-7(4-11(19)21)12-9(20)3-2-8(14)13(12)15/h2-3,6-7,20H,4-5H2,1H3. The fraction of sp³-hybridized carbons (Fsp3) is 0.308. The summed E-state index contributed by atoms with van der Waals surface area (Å²) >= 11 is 12.2. The van der Waals surface area contributed by atoms with Gasteiger partial charge >= 0.3 is 0 Å². The van der Waals surface area contributed by atoms with Crippen LogP contribution in [0.4, 0.5) is 5.82 Å². The van der Waals surface area contributed by atoms with Crippen LogP contribution in [0, 0.1) is 0 Å². The summed E-state index contributed by atoms with van der Waals surface area (Å²) in [5.41, 5.74) is 0.504. The zero-order valence-corrected chi connectivity index (χ0v) is 12.6. The lowest BCUT2D eigenvalue weighted by molar-refractivity contribution is -0.117. The molecule has 1 atom stereocenters. The molecule has 1 N–H and O–H groups in total. The lowest BCUT2D eigenvalue weighted by atomic mass is 9.97. The number of hydrogen-bond donors (Lipinski definition) is 1. The number of halogens is 2. The highest BCUT2D eigenvalue weighted by molar-refractivity contribution is 6.42. The molecule has 1 aliphatic heterocycles. The van der Waals surface area contributed by atoms with Crippen LogP contribution in [0.15, 0.2) is 18.3 Å². The van der Waals surface area contributed by atoms with Crippen LogP contribution in [0.5, 0.6) is 5.75 Å². The highest BCUT2D eigenvalue weighted by Gasteiger charge is 2.35. The maximum atomic E-state index is 12.2. The second-order valence-electron chi connectivity index (χ2n) is 4.95. The van der Waals surface area contributed by atoms with E-state index in [-0.39, 0.29) is 29.0 Å². The van der Waals surface area contributed by atoms with E-state index in [0.29, 0.717) is 22.9 Å². The van der Waals surface area contributed by atoms with Gasteiger partial charge < -0.3 is 5.11 Å². The van der Waals surface area contributed by atoms with Crippen molar-refractivity contribution in [1.82, 2.24) is 15.0 Å². The predicted molar refractivity (Wildman–Crippen MR) is 78.8 cm³/mol. The molecule has 1 fully saturated rings. The summed E-state index contributed by atoms with van der Waals surface area (Å²) in [4.78, 5) is 13.7. The number of aryl methyl sites for hydroxylation is 1. The molecule has 1 aliphatic rings. The van der Waals surface area contributed by atoms with Gasteiger partial charge in [0.2, 0.25) is 5.91 Å². The predicted octanol–water partition coefficient (Wildman–Crippen LogP) is 2.35. The zero-order chi connectivity index (χ0) is 15.1.